The zero-order valence-electron chi connectivity index (χ0n) is 14.5. The van der Waals surface area contributed by atoms with E-state index in [2.05, 4.69) is 25.8 Å². The number of rotatable bonds is 6. The van der Waals surface area contributed by atoms with Crippen molar-refractivity contribution in [2.75, 3.05) is 17.2 Å². The number of pyridine rings is 1. The molecule has 0 saturated heterocycles. The Balaban J connectivity index is 1.39. The van der Waals surface area contributed by atoms with E-state index in [1.165, 1.54) is 29.7 Å². The summed E-state index contributed by atoms with van der Waals surface area (Å²) in [7, 11) is 0. The lowest BCUT2D eigenvalue weighted by Crippen LogP contribution is -2.41. The first-order valence-corrected chi connectivity index (χ1v) is 9.56. The second-order valence-electron chi connectivity index (χ2n) is 6.62. The third kappa shape index (κ3) is 3.80. The van der Waals surface area contributed by atoms with Gasteiger partial charge in [-0.2, -0.15) is 0 Å². The highest BCUT2D eigenvalue weighted by atomic mass is 32.1. The van der Waals surface area contributed by atoms with E-state index in [9.17, 15) is 9.18 Å². The molecular formula is C19H18FN5OS. The van der Waals surface area contributed by atoms with E-state index in [0.717, 1.165) is 31.4 Å². The summed E-state index contributed by atoms with van der Waals surface area (Å²) >= 11 is 1.26. The van der Waals surface area contributed by atoms with E-state index in [1.807, 2.05) is 12.1 Å². The number of aromatic nitrogens is 3. The Kier molecular flexibility index (Phi) is 4.81. The van der Waals surface area contributed by atoms with Crippen LogP contribution in [0.5, 0.6) is 0 Å². The third-order valence-corrected chi connectivity index (χ3v) is 5.59. The Labute approximate surface area is 159 Å². The highest BCUT2D eigenvalue weighted by Crippen LogP contribution is 2.43. The fraction of sp³-hybridized carbons (Fsp3) is 0.263. The van der Waals surface area contributed by atoms with Crippen molar-refractivity contribution in [3.05, 3.63) is 65.0 Å². The van der Waals surface area contributed by atoms with Gasteiger partial charge in [-0.1, -0.05) is 29.9 Å². The lowest BCUT2D eigenvalue weighted by molar-refractivity contribution is 0.102. The molecule has 0 spiro atoms. The maximum Gasteiger partial charge on any atom is 0.259 e. The molecule has 0 radical (unpaired) electrons. The largest absolute Gasteiger partial charge is 0.369 e. The molecule has 27 heavy (non-hydrogen) atoms. The first-order valence-electron chi connectivity index (χ1n) is 8.68. The molecule has 6 nitrogen and oxygen atoms in total. The summed E-state index contributed by atoms with van der Waals surface area (Å²) in [6.45, 7) is 0.724. The van der Waals surface area contributed by atoms with Gasteiger partial charge in [-0.3, -0.25) is 10.1 Å². The van der Waals surface area contributed by atoms with E-state index < -0.39 is 0 Å². The van der Waals surface area contributed by atoms with Gasteiger partial charge in [-0.25, -0.2) is 9.37 Å². The molecule has 3 aromatic rings. The van der Waals surface area contributed by atoms with Crippen molar-refractivity contribution in [2.45, 2.75) is 24.7 Å². The van der Waals surface area contributed by atoms with Gasteiger partial charge in [0.25, 0.3) is 5.91 Å². The molecule has 4 rings (SSSR count). The summed E-state index contributed by atoms with van der Waals surface area (Å²) in [5.41, 5.74) is 3.17. The number of amides is 1. The van der Waals surface area contributed by atoms with Crippen molar-refractivity contribution < 1.29 is 9.18 Å². The van der Waals surface area contributed by atoms with Crippen LogP contribution in [0.4, 0.5) is 15.3 Å². The molecule has 0 aliphatic heterocycles. The maximum absolute atomic E-state index is 13.2. The summed E-state index contributed by atoms with van der Waals surface area (Å²) in [6.07, 6.45) is 4.82. The first-order chi connectivity index (χ1) is 13.1. The molecule has 1 amide bonds. The zero-order valence-corrected chi connectivity index (χ0v) is 15.3. The Morgan fingerprint density at radius 3 is 2.59 bits per heavy atom. The van der Waals surface area contributed by atoms with E-state index in [-0.39, 0.29) is 17.1 Å². The first kappa shape index (κ1) is 17.5. The van der Waals surface area contributed by atoms with Gasteiger partial charge in [-0.15, -0.1) is 10.2 Å². The molecule has 8 heteroatoms. The van der Waals surface area contributed by atoms with Gasteiger partial charge in [0.1, 0.15) is 17.1 Å². The van der Waals surface area contributed by atoms with Crippen LogP contribution < -0.4 is 10.6 Å². The summed E-state index contributed by atoms with van der Waals surface area (Å²) < 4.78 is 13.2. The van der Waals surface area contributed by atoms with Crippen molar-refractivity contribution in [3.63, 3.8) is 0 Å². The van der Waals surface area contributed by atoms with Gasteiger partial charge in [0.05, 0.1) is 5.56 Å². The number of carbonyl (C=O) groups excluding carboxylic acids is 1. The molecule has 1 aliphatic rings. The fourth-order valence-corrected chi connectivity index (χ4v) is 3.70. The highest BCUT2D eigenvalue weighted by Gasteiger charge is 2.38. The predicted molar refractivity (Wildman–Crippen MR) is 103 cm³/mol. The number of hydrogen-bond donors (Lipinski definition) is 2. The highest BCUT2D eigenvalue weighted by molar-refractivity contribution is 7.13. The summed E-state index contributed by atoms with van der Waals surface area (Å²) in [6, 6.07) is 10.3. The van der Waals surface area contributed by atoms with Crippen LogP contribution in [-0.4, -0.2) is 27.6 Å². The second-order valence-corrected chi connectivity index (χ2v) is 7.46. The van der Waals surface area contributed by atoms with Crippen LogP contribution in [0.2, 0.25) is 0 Å². The predicted octanol–water partition coefficient (Wildman–Crippen LogP) is 3.86. The molecule has 0 atom stereocenters. The Hall–Kier alpha value is -2.87. The Morgan fingerprint density at radius 1 is 1.19 bits per heavy atom. The number of benzene rings is 1. The molecule has 1 saturated carbocycles. The van der Waals surface area contributed by atoms with Gasteiger partial charge in [0, 0.05) is 18.2 Å². The van der Waals surface area contributed by atoms with Gasteiger partial charge in [0.2, 0.25) is 5.13 Å². The number of carbonyl (C=O) groups is 1. The monoisotopic (exact) mass is 383 g/mol. The molecule has 2 heterocycles. The Bertz CT molecular complexity index is 908. The number of nitrogens with zero attached hydrogens (tertiary/aromatic N) is 3. The van der Waals surface area contributed by atoms with Crippen molar-refractivity contribution in [2.24, 2.45) is 0 Å². The van der Waals surface area contributed by atoms with Crippen LogP contribution >= 0.6 is 11.3 Å². The fourth-order valence-electron chi connectivity index (χ4n) is 3.26. The minimum absolute atomic E-state index is 0.0171. The van der Waals surface area contributed by atoms with Crippen molar-refractivity contribution in [3.8, 4) is 0 Å². The zero-order chi connectivity index (χ0) is 18.7. The number of hydrogen-bond acceptors (Lipinski definition) is 6. The van der Waals surface area contributed by atoms with Gasteiger partial charge in [0.15, 0.2) is 0 Å². The molecule has 0 unspecified atom stereocenters. The molecule has 1 aliphatic carbocycles. The number of nitrogens with one attached hydrogen (secondary N) is 2. The SMILES string of the molecule is O=C(Nc1nncs1)c1ccc(NCC2(c3ccc(F)cc3)CCC2)nc1. The second kappa shape index (κ2) is 7.40. The van der Waals surface area contributed by atoms with Gasteiger partial charge in [-0.05, 0) is 42.7 Å². The molecule has 1 fully saturated rings. The van der Waals surface area contributed by atoms with Crippen LogP contribution in [0.3, 0.4) is 0 Å². The third-order valence-electron chi connectivity index (χ3n) is 4.98. The van der Waals surface area contributed by atoms with Crippen molar-refractivity contribution in [1.82, 2.24) is 15.2 Å². The number of halogens is 1. The molecule has 0 bridgehead atoms. The minimum Gasteiger partial charge on any atom is -0.369 e. The van der Waals surface area contributed by atoms with Gasteiger partial charge >= 0.3 is 0 Å². The molecule has 138 valence electrons. The van der Waals surface area contributed by atoms with E-state index in [0.29, 0.717) is 16.5 Å². The van der Waals surface area contributed by atoms with E-state index in [4.69, 9.17) is 0 Å². The van der Waals surface area contributed by atoms with E-state index in [1.54, 1.807) is 17.6 Å². The summed E-state index contributed by atoms with van der Waals surface area (Å²) in [4.78, 5) is 16.5. The molecule has 2 N–H and O–H groups in total. The molecular weight excluding hydrogens is 365 g/mol. The topological polar surface area (TPSA) is 79.8 Å². The number of anilines is 2. The normalized spacial score (nSPS) is 15.0. The van der Waals surface area contributed by atoms with Crippen LogP contribution in [0.15, 0.2) is 48.1 Å². The summed E-state index contributed by atoms with van der Waals surface area (Å²) in [5, 5.41) is 13.9. The minimum atomic E-state index is -0.271. The maximum atomic E-state index is 13.2. The van der Waals surface area contributed by atoms with Crippen LogP contribution in [-0.2, 0) is 5.41 Å². The standard InChI is InChI=1S/C19H18FN5OS/c20-15-5-3-14(4-6-15)19(8-1-9-19)11-22-16-7-2-13(10-21-16)17(26)24-18-25-23-12-27-18/h2-7,10,12H,1,8-9,11H2,(H,21,22)(H,24,25,26). The summed E-state index contributed by atoms with van der Waals surface area (Å²) in [5.74, 6) is 0.216. The molecule has 1 aromatic carbocycles. The van der Waals surface area contributed by atoms with Crippen molar-refractivity contribution in [1.29, 1.82) is 0 Å². The lowest BCUT2D eigenvalue weighted by atomic mass is 9.64. The molecule has 2 aromatic heterocycles. The van der Waals surface area contributed by atoms with Gasteiger partial charge < -0.3 is 5.32 Å². The average molecular weight is 383 g/mol. The van der Waals surface area contributed by atoms with Crippen LogP contribution in [0.25, 0.3) is 0 Å². The van der Waals surface area contributed by atoms with E-state index >= 15 is 0 Å². The Morgan fingerprint density at radius 2 is 2.00 bits per heavy atom. The van der Waals surface area contributed by atoms with Crippen LogP contribution in [0.1, 0.15) is 35.2 Å². The van der Waals surface area contributed by atoms with Crippen LogP contribution in [0, 0.1) is 5.82 Å². The van der Waals surface area contributed by atoms with Crippen molar-refractivity contribution >= 4 is 28.2 Å². The smallest absolute Gasteiger partial charge is 0.259 e. The quantitative estimate of drug-likeness (QED) is 0.676. The lowest BCUT2D eigenvalue weighted by Gasteiger charge is -2.42. The average Bonchev–Trinajstić information content (AvgIpc) is 3.15.